The van der Waals surface area contributed by atoms with E-state index in [9.17, 15) is 5.11 Å². The van der Waals surface area contributed by atoms with Crippen molar-refractivity contribution in [3.05, 3.63) is 23.9 Å². The highest BCUT2D eigenvalue weighted by molar-refractivity contribution is 5.40. The molecule has 1 saturated heterocycles. The first-order valence-corrected chi connectivity index (χ1v) is 6.17. The van der Waals surface area contributed by atoms with Crippen molar-refractivity contribution >= 4 is 5.82 Å². The highest BCUT2D eigenvalue weighted by Gasteiger charge is 2.27. The molecule has 3 N–H and O–H groups in total. The van der Waals surface area contributed by atoms with Gasteiger partial charge in [0.05, 0.1) is 5.60 Å². The summed E-state index contributed by atoms with van der Waals surface area (Å²) in [5.74, 6) is 0.977. The van der Waals surface area contributed by atoms with E-state index in [2.05, 4.69) is 9.88 Å². The molecular formula is C13H21N3O. The third kappa shape index (κ3) is 2.96. The zero-order chi connectivity index (χ0) is 12.5. The van der Waals surface area contributed by atoms with E-state index in [1.807, 2.05) is 32.2 Å². The van der Waals surface area contributed by atoms with Crippen molar-refractivity contribution in [3.8, 4) is 0 Å². The zero-order valence-corrected chi connectivity index (χ0v) is 10.6. The number of hydrogen-bond donors (Lipinski definition) is 2. The molecule has 0 aliphatic carbocycles. The molecule has 0 unspecified atom stereocenters. The summed E-state index contributed by atoms with van der Waals surface area (Å²) < 4.78 is 0. The molecule has 4 heteroatoms. The molecule has 0 bridgehead atoms. The Hall–Kier alpha value is -1.13. The molecule has 0 saturated carbocycles. The summed E-state index contributed by atoms with van der Waals surface area (Å²) >= 11 is 0. The van der Waals surface area contributed by atoms with E-state index in [4.69, 9.17) is 5.73 Å². The predicted octanol–water partition coefficient (Wildman–Crippen LogP) is 1.45. The summed E-state index contributed by atoms with van der Waals surface area (Å²) in [5.41, 5.74) is 6.33. The first-order chi connectivity index (χ1) is 7.98. The number of nitrogens with zero attached hydrogens (tertiary/aromatic N) is 2. The van der Waals surface area contributed by atoms with Gasteiger partial charge in [-0.25, -0.2) is 4.98 Å². The minimum atomic E-state index is -0.512. The Kier molecular flexibility index (Phi) is 3.35. The number of piperidine rings is 1. The second-order valence-electron chi connectivity index (χ2n) is 5.22. The molecule has 2 rings (SSSR count). The van der Waals surface area contributed by atoms with Gasteiger partial charge in [0.25, 0.3) is 0 Å². The van der Waals surface area contributed by atoms with E-state index in [0.29, 0.717) is 0 Å². The van der Waals surface area contributed by atoms with Crippen LogP contribution >= 0.6 is 0 Å². The number of aromatic nitrogens is 1. The molecule has 0 spiro atoms. The van der Waals surface area contributed by atoms with Crippen molar-refractivity contribution in [2.24, 2.45) is 5.73 Å². The third-order valence-corrected chi connectivity index (χ3v) is 3.46. The van der Waals surface area contributed by atoms with Crippen LogP contribution in [-0.2, 0) is 0 Å². The molecule has 17 heavy (non-hydrogen) atoms. The van der Waals surface area contributed by atoms with Gasteiger partial charge in [-0.1, -0.05) is 6.07 Å². The van der Waals surface area contributed by atoms with E-state index >= 15 is 0 Å². The van der Waals surface area contributed by atoms with Crippen LogP contribution in [0.4, 0.5) is 5.82 Å². The summed E-state index contributed by atoms with van der Waals surface area (Å²) in [6.45, 7) is 5.57. The van der Waals surface area contributed by atoms with Crippen LogP contribution in [0.2, 0.25) is 0 Å². The number of anilines is 1. The van der Waals surface area contributed by atoms with Gasteiger partial charge in [-0.3, -0.25) is 0 Å². The Bertz CT molecular complexity index is 363. The molecule has 1 atom stereocenters. The second-order valence-corrected chi connectivity index (χ2v) is 5.22. The number of aliphatic hydroxyl groups is 1. The van der Waals surface area contributed by atoms with Crippen molar-refractivity contribution in [2.45, 2.75) is 38.3 Å². The van der Waals surface area contributed by atoms with Crippen molar-refractivity contribution in [1.82, 2.24) is 4.98 Å². The fourth-order valence-corrected chi connectivity index (χ4v) is 2.07. The lowest BCUT2D eigenvalue weighted by molar-refractivity contribution is 0.0350. The maximum Gasteiger partial charge on any atom is 0.128 e. The summed E-state index contributed by atoms with van der Waals surface area (Å²) in [6, 6.07) is 4.07. The highest BCUT2D eigenvalue weighted by atomic mass is 16.3. The normalized spacial score (nSPS) is 21.3. The SMILES string of the molecule is C[C@@H](N)c1ccc(N2CCC(C)(O)CC2)nc1. The van der Waals surface area contributed by atoms with Gasteiger partial charge in [0.2, 0.25) is 0 Å². The minimum Gasteiger partial charge on any atom is -0.390 e. The van der Waals surface area contributed by atoms with Gasteiger partial charge >= 0.3 is 0 Å². The molecule has 2 heterocycles. The van der Waals surface area contributed by atoms with Crippen molar-refractivity contribution in [3.63, 3.8) is 0 Å². The van der Waals surface area contributed by atoms with Crippen LogP contribution in [0.1, 0.15) is 38.3 Å². The second kappa shape index (κ2) is 4.63. The van der Waals surface area contributed by atoms with Crippen molar-refractivity contribution in [2.75, 3.05) is 18.0 Å². The first kappa shape index (κ1) is 12.3. The molecule has 0 aromatic carbocycles. The Labute approximate surface area is 102 Å². The maximum atomic E-state index is 9.89. The molecule has 1 aliphatic rings. The number of rotatable bonds is 2. The average molecular weight is 235 g/mol. The molecule has 0 amide bonds. The zero-order valence-electron chi connectivity index (χ0n) is 10.6. The predicted molar refractivity (Wildman–Crippen MR) is 68.9 cm³/mol. The van der Waals surface area contributed by atoms with Crippen molar-refractivity contribution in [1.29, 1.82) is 0 Å². The minimum absolute atomic E-state index is 0.0265. The Morgan fingerprint density at radius 1 is 1.41 bits per heavy atom. The smallest absolute Gasteiger partial charge is 0.128 e. The summed E-state index contributed by atoms with van der Waals surface area (Å²) in [4.78, 5) is 6.65. The van der Waals surface area contributed by atoms with Gasteiger partial charge in [-0.05, 0) is 38.3 Å². The van der Waals surface area contributed by atoms with Gasteiger partial charge in [-0.2, -0.15) is 0 Å². The Morgan fingerprint density at radius 2 is 2.06 bits per heavy atom. The van der Waals surface area contributed by atoms with Crippen LogP contribution in [0.3, 0.4) is 0 Å². The van der Waals surface area contributed by atoms with E-state index < -0.39 is 5.60 Å². The van der Waals surface area contributed by atoms with E-state index in [1.165, 1.54) is 0 Å². The number of hydrogen-bond acceptors (Lipinski definition) is 4. The van der Waals surface area contributed by atoms with Crippen LogP contribution in [0, 0.1) is 0 Å². The number of nitrogens with two attached hydrogens (primary N) is 1. The Morgan fingerprint density at radius 3 is 2.53 bits per heavy atom. The topological polar surface area (TPSA) is 62.4 Å². The molecule has 1 aromatic rings. The van der Waals surface area contributed by atoms with Gasteiger partial charge in [0, 0.05) is 25.3 Å². The van der Waals surface area contributed by atoms with Gasteiger partial charge in [-0.15, -0.1) is 0 Å². The molecule has 1 aromatic heterocycles. The molecular weight excluding hydrogens is 214 g/mol. The van der Waals surface area contributed by atoms with Crippen LogP contribution in [0.25, 0.3) is 0 Å². The summed E-state index contributed by atoms with van der Waals surface area (Å²) in [5, 5.41) is 9.89. The molecule has 1 fully saturated rings. The van der Waals surface area contributed by atoms with Crippen LogP contribution in [0.5, 0.6) is 0 Å². The average Bonchev–Trinajstić information content (AvgIpc) is 2.29. The summed E-state index contributed by atoms with van der Waals surface area (Å²) in [6.07, 6.45) is 3.43. The summed E-state index contributed by atoms with van der Waals surface area (Å²) in [7, 11) is 0. The maximum absolute atomic E-state index is 9.89. The van der Waals surface area contributed by atoms with Gasteiger partial charge in [0.1, 0.15) is 5.82 Å². The highest BCUT2D eigenvalue weighted by Crippen LogP contribution is 2.24. The van der Waals surface area contributed by atoms with E-state index in [1.54, 1.807) is 0 Å². The number of pyridine rings is 1. The van der Waals surface area contributed by atoms with Crippen LogP contribution in [0.15, 0.2) is 18.3 Å². The molecule has 94 valence electrons. The molecule has 0 radical (unpaired) electrons. The Balaban J connectivity index is 2.04. The monoisotopic (exact) mass is 235 g/mol. The first-order valence-electron chi connectivity index (χ1n) is 6.17. The molecule has 1 aliphatic heterocycles. The lowest BCUT2D eigenvalue weighted by Gasteiger charge is -2.36. The van der Waals surface area contributed by atoms with Gasteiger partial charge in [0.15, 0.2) is 0 Å². The fraction of sp³-hybridized carbons (Fsp3) is 0.615. The molecule has 4 nitrogen and oxygen atoms in total. The lowest BCUT2D eigenvalue weighted by Crippen LogP contribution is -2.42. The quantitative estimate of drug-likeness (QED) is 0.814. The lowest BCUT2D eigenvalue weighted by atomic mass is 9.94. The van der Waals surface area contributed by atoms with Crippen LogP contribution < -0.4 is 10.6 Å². The standard InChI is InChI=1S/C13H21N3O/c1-10(14)11-3-4-12(15-9-11)16-7-5-13(2,17)6-8-16/h3-4,9-10,17H,5-8,14H2,1-2H3/t10-/m1/s1. The van der Waals surface area contributed by atoms with Crippen LogP contribution in [-0.4, -0.2) is 28.8 Å². The van der Waals surface area contributed by atoms with Crippen molar-refractivity contribution < 1.29 is 5.11 Å². The third-order valence-electron chi connectivity index (χ3n) is 3.46. The largest absolute Gasteiger partial charge is 0.390 e. The fourth-order valence-electron chi connectivity index (χ4n) is 2.07. The van der Waals surface area contributed by atoms with E-state index in [0.717, 1.165) is 37.3 Å². The van der Waals surface area contributed by atoms with Gasteiger partial charge < -0.3 is 15.7 Å². The van der Waals surface area contributed by atoms with E-state index in [-0.39, 0.29) is 6.04 Å².